The third-order valence-corrected chi connectivity index (χ3v) is 4.74. The van der Waals surface area contributed by atoms with Crippen molar-refractivity contribution in [2.75, 3.05) is 0 Å². The number of hydrogen-bond acceptors (Lipinski definition) is 2. The van der Waals surface area contributed by atoms with Gasteiger partial charge in [0.25, 0.3) is 0 Å². The normalized spacial score (nSPS) is 11.6. The molecule has 70 valence electrons. The molecule has 2 heterocycles. The Hall–Kier alpha value is -0.390. The van der Waals surface area contributed by atoms with E-state index in [1.54, 1.807) is 11.3 Å². The first kappa shape index (κ1) is 8.88. The van der Waals surface area contributed by atoms with E-state index in [0.29, 0.717) is 0 Å². The summed E-state index contributed by atoms with van der Waals surface area (Å²) in [6.07, 6.45) is 3.80. The van der Waals surface area contributed by atoms with E-state index in [1.165, 1.54) is 10.2 Å². The van der Waals surface area contributed by atoms with Crippen LogP contribution in [-0.2, 0) is 0 Å². The molecule has 1 aromatic carbocycles. The predicted molar refractivity (Wildman–Crippen MR) is 66.0 cm³/mol. The largest absolute Gasteiger partial charge is 0.289 e. The topological polar surface area (TPSA) is 17.3 Å². The van der Waals surface area contributed by atoms with Gasteiger partial charge in [-0.05, 0) is 44.0 Å². The molecule has 3 rings (SSSR count). The van der Waals surface area contributed by atoms with Gasteiger partial charge in [-0.2, -0.15) is 0 Å². The molecule has 3 aromatic rings. The summed E-state index contributed by atoms with van der Waals surface area (Å²) in [5.74, 6) is 0. The molecule has 0 fully saturated rings. The molecule has 0 unspecified atom stereocenters. The van der Waals surface area contributed by atoms with Crippen molar-refractivity contribution in [2.45, 2.75) is 0 Å². The number of imidazole rings is 1. The molecule has 0 N–H and O–H groups in total. The van der Waals surface area contributed by atoms with Crippen LogP contribution in [0.5, 0.6) is 0 Å². The number of halogens is 2. The Labute approximate surface area is 101 Å². The van der Waals surface area contributed by atoms with Crippen LogP contribution in [0.3, 0.4) is 0 Å². The molecule has 0 aliphatic rings. The molecule has 0 saturated heterocycles. The van der Waals surface area contributed by atoms with E-state index in [0.717, 1.165) is 13.9 Å². The second-order valence-electron chi connectivity index (χ2n) is 2.89. The zero-order valence-corrected chi connectivity index (χ0v) is 10.9. The van der Waals surface area contributed by atoms with E-state index in [2.05, 4.69) is 41.2 Å². The number of aromatic nitrogens is 2. The average molecular weight is 332 g/mol. The lowest BCUT2D eigenvalue weighted by atomic mass is 10.3. The molecule has 0 aliphatic carbocycles. The number of hydrogen-bond donors (Lipinski definition) is 0. The molecular weight excluding hydrogens is 328 g/mol. The van der Waals surface area contributed by atoms with Crippen molar-refractivity contribution in [1.29, 1.82) is 0 Å². The van der Waals surface area contributed by atoms with Crippen LogP contribution in [-0.4, -0.2) is 9.38 Å². The Morgan fingerprint density at radius 1 is 1.21 bits per heavy atom. The lowest BCUT2D eigenvalue weighted by molar-refractivity contribution is 1.29. The van der Waals surface area contributed by atoms with Crippen molar-refractivity contribution in [3.63, 3.8) is 0 Å². The second-order valence-corrected chi connectivity index (χ2v) is 5.58. The summed E-state index contributed by atoms with van der Waals surface area (Å²) in [6.45, 7) is 0. The molecular formula is C9H4Br2N2S. The fourth-order valence-electron chi connectivity index (χ4n) is 1.47. The molecule has 2 nitrogen and oxygen atoms in total. The van der Waals surface area contributed by atoms with Gasteiger partial charge in [-0.15, -0.1) is 0 Å². The zero-order chi connectivity index (χ0) is 9.71. The van der Waals surface area contributed by atoms with E-state index < -0.39 is 0 Å². The van der Waals surface area contributed by atoms with Crippen LogP contribution in [0.2, 0.25) is 0 Å². The summed E-state index contributed by atoms with van der Waals surface area (Å²) in [7, 11) is 0. The van der Waals surface area contributed by atoms with Crippen molar-refractivity contribution in [1.82, 2.24) is 9.38 Å². The highest BCUT2D eigenvalue weighted by atomic mass is 79.9. The smallest absolute Gasteiger partial charge is 0.194 e. The van der Waals surface area contributed by atoms with Crippen LogP contribution in [0, 0.1) is 0 Å². The minimum absolute atomic E-state index is 1.02. The monoisotopic (exact) mass is 330 g/mol. The van der Waals surface area contributed by atoms with Crippen molar-refractivity contribution in [3.05, 3.63) is 33.5 Å². The molecule has 0 atom stereocenters. The molecule has 2 aromatic heterocycles. The van der Waals surface area contributed by atoms with E-state index in [-0.39, 0.29) is 0 Å². The summed E-state index contributed by atoms with van der Waals surface area (Å²) in [6, 6.07) is 4.08. The molecule has 5 heteroatoms. The van der Waals surface area contributed by atoms with Crippen LogP contribution < -0.4 is 0 Å². The summed E-state index contributed by atoms with van der Waals surface area (Å²) in [4.78, 5) is 5.30. The highest BCUT2D eigenvalue weighted by Gasteiger charge is 2.10. The van der Waals surface area contributed by atoms with Gasteiger partial charge in [-0.1, -0.05) is 11.3 Å². The standard InChI is InChI=1S/C9H4Br2N2S/c10-5-1-2-6(11)8-7(5)13-4-3-12-9(13)14-8/h1-4H. The zero-order valence-electron chi connectivity index (χ0n) is 6.87. The van der Waals surface area contributed by atoms with Gasteiger partial charge in [0.05, 0.1) is 10.2 Å². The summed E-state index contributed by atoms with van der Waals surface area (Å²) >= 11 is 8.78. The second kappa shape index (κ2) is 3.05. The quantitative estimate of drug-likeness (QED) is 0.607. The molecule has 0 spiro atoms. The van der Waals surface area contributed by atoms with Crippen molar-refractivity contribution >= 4 is 58.4 Å². The van der Waals surface area contributed by atoms with E-state index in [9.17, 15) is 0 Å². The maximum atomic E-state index is 4.28. The third-order valence-electron chi connectivity index (χ3n) is 2.08. The minimum atomic E-state index is 1.02. The third kappa shape index (κ3) is 1.09. The molecule has 0 bridgehead atoms. The Morgan fingerprint density at radius 3 is 2.86 bits per heavy atom. The van der Waals surface area contributed by atoms with Gasteiger partial charge in [0.15, 0.2) is 4.96 Å². The van der Waals surface area contributed by atoms with Crippen molar-refractivity contribution in [2.24, 2.45) is 0 Å². The van der Waals surface area contributed by atoms with Gasteiger partial charge in [-0.25, -0.2) is 4.98 Å². The first-order valence-corrected chi connectivity index (χ1v) is 6.37. The average Bonchev–Trinajstić information content (AvgIpc) is 2.70. The molecule has 0 aliphatic heterocycles. The molecule has 0 amide bonds. The lowest BCUT2D eigenvalue weighted by Crippen LogP contribution is -1.78. The Kier molecular flexibility index (Phi) is 1.93. The van der Waals surface area contributed by atoms with Gasteiger partial charge >= 0.3 is 0 Å². The minimum Gasteiger partial charge on any atom is -0.289 e. The Bertz CT molecular complexity index is 626. The van der Waals surface area contributed by atoms with Gasteiger partial charge in [-0.3, -0.25) is 4.40 Å². The van der Waals surface area contributed by atoms with Crippen LogP contribution in [0.25, 0.3) is 15.2 Å². The number of nitrogens with zero attached hydrogens (tertiary/aromatic N) is 2. The number of benzene rings is 1. The SMILES string of the molecule is Brc1ccc(Br)c2c1sc1nccn12. The number of fused-ring (bicyclic) bond motifs is 3. The van der Waals surface area contributed by atoms with Crippen molar-refractivity contribution < 1.29 is 0 Å². The lowest BCUT2D eigenvalue weighted by Gasteiger charge is -1.96. The number of thiazole rings is 1. The van der Waals surface area contributed by atoms with Crippen LogP contribution in [0.1, 0.15) is 0 Å². The first-order chi connectivity index (χ1) is 6.77. The van der Waals surface area contributed by atoms with Crippen LogP contribution in [0.4, 0.5) is 0 Å². The highest BCUT2D eigenvalue weighted by molar-refractivity contribution is 9.11. The van der Waals surface area contributed by atoms with Gasteiger partial charge in [0.1, 0.15) is 0 Å². The number of rotatable bonds is 0. The highest BCUT2D eigenvalue weighted by Crippen LogP contribution is 2.36. The van der Waals surface area contributed by atoms with E-state index in [1.807, 2.05) is 24.5 Å². The fraction of sp³-hybridized carbons (Fsp3) is 0. The Balaban J connectivity index is 2.68. The van der Waals surface area contributed by atoms with E-state index in [4.69, 9.17) is 0 Å². The van der Waals surface area contributed by atoms with Crippen LogP contribution >= 0.6 is 43.2 Å². The molecule has 0 saturated carbocycles. The van der Waals surface area contributed by atoms with Gasteiger partial charge in [0.2, 0.25) is 0 Å². The van der Waals surface area contributed by atoms with E-state index >= 15 is 0 Å². The summed E-state index contributed by atoms with van der Waals surface area (Å²) in [5, 5.41) is 0. The maximum Gasteiger partial charge on any atom is 0.194 e. The summed E-state index contributed by atoms with van der Waals surface area (Å²) < 4.78 is 5.53. The van der Waals surface area contributed by atoms with Gasteiger partial charge in [0, 0.05) is 21.3 Å². The molecule has 0 radical (unpaired) electrons. The predicted octanol–water partition coefficient (Wildman–Crippen LogP) is 4.07. The van der Waals surface area contributed by atoms with Gasteiger partial charge < -0.3 is 0 Å². The Morgan fingerprint density at radius 2 is 2.00 bits per heavy atom. The van der Waals surface area contributed by atoms with Crippen LogP contribution in [0.15, 0.2) is 33.5 Å². The molecule has 14 heavy (non-hydrogen) atoms. The summed E-state index contributed by atoms with van der Waals surface area (Å²) in [5.41, 5.74) is 1.18. The van der Waals surface area contributed by atoms with Crippen molar-refractivity contribution in [3.8, 4) is 0 Å². The first-order valence-electron chi connectivity index (χ1n) is 3.97. The maximum absolute atomic E-state index is 4.28. The fourth-order valence-corrected chi connectivity index (χ4v) is 3.70.